The van der Waals surface area contributed by atoms with Crippen LogP contribution < -0.4 is 5.73 Å². The summed E-state index contributed by atoms with van der Waals surface area (Å²) in [7, 11) is 1.61. The summed E-state index contributed by atoms with van der Waals surface area (Å²) in [5, 5.41) is 18.8. The quantitative estimate of drug-likeness (QED) is 0.478. The Hall–Kier alpha value is -0.670. The average molecular weight is 304 g/mol. The van der Waals surface area contributed by atoms with E-state index in [-0.39, 0.29) is 12.6 Å². The van der Waals surface area contributed by atoms with E-state index < -0.39 is 6.10 Å². The van der Waals surface area contributed by atoms with Gasteiger partial charge in [-0.1, -0.05) is 11.8 Å². The topological polar surface area (TPSA) is 95.4 Å². The van der Waals surface area contributed by atoms with Crippen LogP contribution in [0.15, 0.2) is 5.16 Å². The molecule has 1 heterocycles. The largest absolute Gasteiger partial charge is 0.390 e. The van der Waals surface area contributed by atoms with Gasteiger partial charge in [0.15, 0.2) is 5.16 Å². The van der Waals surface area contributed by atoms with Crippen molar-refractivity contribution in [1.82, 2.24) is 14.8 Å². The van der Waals surface area contributed by atoms with Gasteiger partial charge in [-0.05, 0) is 13.8 Å². The molecule has 7 nitrogen and oxygen atoms in total. The molecule has 0 bridgehead atoms. The highest BCUT2D eigenvalue weighted by atomic mass is 32.2. The molecule has 0 saturated carbocycles. The molecule has 1 atom stereocenters. The molecule has 3 N–H and O–H groups in total. The minimum Gasteiger partial charge on any atom is -0.390 e. The molecule has 0 fully saturated rings. The molecule has 1 aromatic heterocycles. The first-order valence-corrected chi connectivity index (χ1v) is 7.60. The van der Waals surface area contributed by atoms with Crippen LogP contribution >= 0.6 is 11.8 Å². The van der Waals surface area contributed by atoms with Crippen molar-refractivity contribution in [2.24, 2.45) is 5.73 Å². The van der Waals surface area contributed by atoms with Gasteiger partial charge in [0.05, 0.1) is 32.5 Å². The standard InChI is InChI=1S/C12H24N4O3S/c1-9(2)16-11(6-13)14-15-12(16)20-8-10(17)7-19-5-4-18-3/h9-10,17H,4-8,13H2,1-3H3. The summed E-state index contributed by atoms with van der Waals surface area (Å²) < 4.78 is 12.1. The summed E-state index contributed by atoms with van der Waals surface area (Å²) in [5.74, 6) is 1.26. The maximum Gasteiger partial charge on any atom is 0.191 e. The minimum atomic E-state index is -0.546. The molecule has 20 heavy (non-hydrogen) atoms. The molecule has 0 saturated heterocycles. The van der Waals surface area contributed by atoms with E-state index in [1.807, 2.05) is 4.57 Å². The predicted molar refractivity (Wildman–Crippen MR) is 77.7 cm³/mol. The predicted octanol–water partition coefficient (Wildman–Crippen LogP) is 0.434. The van der Waals surface area contributed by atoms with E-state index in [1.165, 1.54) is 11.8 Å². The first-order chi connectivity index (χ1) is 9.60. The second-order valence-corrected chi connectivity index (χ2v) is 5.59. The van der Waals surface area contributed by atoms with Gasteiger partial charge >= 0.3 is 0 Å². The van der Waals surface area contributed by atoms with Gasteiger partial charge < -0.3 is 24.9 Å². The number of methoxy groups -OCH3 is 1. The van der Waals surface area contributed by atoms with Gasteiger partial charge in [-0.3, -0.25) is 0 Å². The van der Waals surface area contributed by atoms with Gasteiger partial charge in [0, 0.05) is 18.9 Å². The first kappa shape index (κ1) is 17.4. The van der Waals surface area contributed by atoms with Crippen LogP contribution in [0.5, 0.6) is 0 Å². The number of rotatable bonds is 10. The Morgan fingerprint density at radius 1 is 1.35 bits per heavy atom. The zero-order valence-electron chi connectivity index (χ0n) is 12.3. The maximum atomic E-state index is 9.83. The Bertz CT molecular complexity index is 387. The lowest BCUT2D eigenvalue weighted by atomic mass is 10.4. The van der Waals surface area contributed by atoms with Crippen LogP contribution in [0.3, 0.4) is 0 Å². The fourth-order valence-electron chi connectivity index (χ4n) is 1.64. The Morgan fingerprint density at radius 3 is 2.70 bits per heavy atom. The Balaban J connectivity index is 2.43. The van der Waals surface area contributed by atoms with Crippen molar-refractivity contribution < 1.29 is 14.6 Å². The van der Waals surface area contributed by atoms with Crippen molar-refractivity contribution in [1.29, 1.82) is 0 Å². The molecule has 0 aliphatic carbocycles. The SMILES string of the molecule is COCCOCC(O)CSc1nnc(CN)n1C(C)C. The molecule has 0 aromatic carbocycles. The van der Waals surface area contributed by atoms with Crippen molar-refractivity contribution >= 4 is 11.8 Å². The molecular formula is C12H24N4O3S. The Labute approximate surface area is 123 Å². The molecule has 0 radical (unpaired) electrons. The lowest BCUT2D eigenvalue weighted by molar-refractivity contribution is 0.0218. The fraction of sp³-hybridized carbons (Fsp3) is 0.833. The van der Waals surface area contributed by atoms with Gasteiger partial charge in [-0.15, -0.1) is 10.2 Å². The molecule has 1 aromatic rings. The van der Waals surface area contributed by atoms with Crippen LogP contribution in [0, 0.1) is 0 Å². The van der Waals surface area contributed by atoms with Crippen molar-refractivity contribution in [2.45, 2.75) is 37.7 Å². The second kappa shape index (κ2) is 9.30. The number of aliphatic hydroxyl groups is 1. The lowest BCUT2D eigenvalue weighted by Gasteiger charge is -2.14. The lowest BCUT2D eigenvalue weighted by Crippen LogP contribution is -2.20. The summed E-state index contributed by atoms with van der Waals surface area (Å²) >= 11 is 1.46. The van der Waals surface area contributed by atoms with Crippen LogP contribution in [0.2, 0.25) is 0 Å². The van der Waals surface area contributed by atoms with E-state index in [9.17, 15) is 5.11 Å². The van der Waals surface area contributed by atoms with E-state index in [0.717, 1.165) is 11.0 Å². The number of nitrogens with zero attached hydrogens (tertiary/aromatic N) is 3. The highest BCUT2D eigenvalue weighted by Crippen LogP contribution is 2.22. The van der Waals surface area contributed by atoms with E-state index in [2.05, 4.69) is 24.0 Å². The summed E-state index contributed by atoms with van der Waals surface area (Å²) in [6.45, 7) is 5.76. The van der Waals surface area contributed by atoms with Crippen LogP contribution in [0.1, 0.15) is 25.7 Å². The van der Waals surface area contributed by atoms with Crippen LogP contribution in [-0.4, -0.2) is 58.7 Å². The van der Waals surface area contributed by atoms with E-state index in [4.69, 9.17) is 15.2 Å². The van der Waals surface area contributed by atoms with Crippen LogP contribution in [0.25, 0.3) is 0 Å². The molecule has 0 aliphatic heterocycles. The van der Waals surface area contributed by atoms with Crippen molar-refractivity contribution in [3.63, 3.8) is 0 Å². The molecule has 8 heteroatoms. The van der Waals surface area contributed by atoms with E-state index >= 15 is 0 Å². The number of ether oxygens (including phenoxy) is 2. The van der Waals surface area contributed by atoms with Gasteiger partial charge in [-0.2, -0.15) is 0 Å². The fourth-order valence-corrected chi connectivity index (χ4v) is 2.64. The van der Waals surface area contributed by atoms with E-state index in [0.29, 0.717) is 25.5 Å². The molecule has 1 rings (SSSR count). The molecule has 0 spiro atoms. The number of hydrogen-bond acceptors (Lipinski definition) is 7. The summed E-state index contributed by atoms with van der Waals surface area (Å²) in [4.78, 5) is 0. The first-order valence-electron chi connectivity index (χ1n) is 6.61. The van der Waals surface area contributed by atoms with Gasteiger partial charge in [-0.25, -0.2) is 0 Å². The molecule has 0 aliphatic rings. The maximum absolute atomic E-state index is 9.83. The third-order valence-electron chi connectivity index (χ3n) is 2.58. The highest BCUT2D eigenvalue weighted by Gasteiger charge is 2.15. The van der Waals surface area contributed by atoms with E-state index in [1.54, 1.807) is 7.11 Å². The molecule has 1 unspecified atom stereocenters. The van der Waals surface area contributed by atoms with Crippen molar-refractivity contribution in [3.8, 4) is 0 Å². The van der Waals surface area contributed by atoms with Crippen molar-refractivity contribution in [3.05, 3.63) is 5.82 Å². The zero-order chi connectivity index (χ0) is 15.0. The summed E-state index contributed by atoms with van der Waals surface area (Å²) in [5.41, 5.74) is 5.64. The number of aliphatic hydroxyl groups excluding tert-OH is 1. The zero-order valence-corrected chi connectivity index (χ0v) is 13.1. The third kappa shape index (κ3) is 5.37. The van der Waals surface area contributed by atoms with Crippen LogP contribution in [0.4, 0.5) is 0 Å². The third-order valence-corrected chi connectivity index (χ3v) is 3.67. The van der Waals surface area contributed by atoms with Crippen LogP contribution in [-0.2, 0) is 16.0 Å². The Kier molecular flexibility index (Phi) is 8.08. The van der Waals surface area contributed by atoms with Gasteiger partial charge in [0.2, 0.25) is 0 Å². The monoisotopic (exact) mass is 304 g/mol. The van der Waals surface area contributed by atoms with Gasteiger partial charge in [0.25, 0.3) is 0 Å². The number of thioether (sulfide) groups is 1. The molecule has 116 valence electrons. The normalized spacial score (nSPS) is 13.1. The molecule has 0 amide bonds. The number of hydrogen-bond donors (Lipinski definition) is 2. The van der Waals surface area contributed by atoms with Gasteiger partial charge in [0.1, 0.15) is 5.82 Å². The molecular weight excluding hydrogens is 280 g/mol. The number of nitrogens with two attached hydrogens (primary N) is 1. The summed E-state index contributed by atoms with van der Waals surface area (Å²) in [6.07, 6.45) is -0.546. The average Bonchev–Trinajstić information content (AvgIpc) is 2.84. The highest BCUT2D eigenvalue weighted by molar-refractivity contribution is 7.99. The van der Waals surface area contributed by atoms with Crippen molar-refractivity contribution in [2.75, 3.05) is 32.7 Å². The number of aromatic nitrogens is 3. The second-order valence-electron chi connectivity index (χ2n) is 4.60. The Morgan fingerprint density at radius 2 is 2.10 bits per heavy atom. The summed E-state index contributed by atoms with van der Waals surface area (Å²) in [6, 6.07) is 0.237. The minimum absolute atomic E-state index is 0.237. The smallest absolute Gasteiger partial charge is 0.191 e.